The van der Waals surface area contributed by atoms with E-state index < -0.39 is 0 Å². The van der Waals surface area contributed by atoms with Crippen LogP contribution in [-0.4, -0.2) is 38.0 Å². The minimum Gasteiger partial charge on any atom is -0.496 e. The van der Waals surface area contributed by atoms with Crippen LogP contribution >= 0.6 is 0 Å². The minimum atomic E-state index is 0.0949. The highest BCUT2D eigenvalue weighted by atomic mass is 16.5. The van der Waals surface area contributed by atoms with Gasteiger partial charge >= 0.3 is 0 Å². The highest BCUT2D eigenvalue weighted by Gasteiger charge is 2.32. The Morgan fingerprint density at radius 1 is 1.00 bits per heavy atom. The monoisotopic (exact) mass is 377 g/mol. The second-order valence-electron chi connectivity index (χ2n) is 7.62. The number of Topliss-reactive ketones (excluding diaryl/α,β-unsaturated/α-hetero) is 1. The molecule has 4 heteroatoms. The molecule has 0 bridgehead atoms. The number of ether oxygens (including phenoxy) is 2. The number of nitrogens with zero attached hydrogens (tertiary/aromatic N) is 1. The lowest BCUT2D eigenvalue weighted by Crippen LogP contribution is -2.32. The van der Waals surface area contributed by atoms with Crippen LogP contribution in [0.3, 0.4) is 0 Å². The summed E-state index contributed by atoms with van der Waals surface area (Å²) in [5.41, 5.74) is 3.88. The van der Waals surface area contributed by atoms with E-state index in [-0.39, 0.29) is 5.78 Å². The summed E-state index contributed by atoms with van der Waals surface area (Å²) in [4.78, 5) is 15.5. The van der Waals surface area contributed by atoms with E-state index in [1.54, 1.807) is 14.2 Å². The molecule has 0 N–H and O–H groups in total. The van der Waals surface area contributed by atoms with Gasteiger partial charge in [0, 0.05) is 24.1 Å². The van der Waals surface area contributed by atoms with Gasteiger partial charge in [-0.15, -0.1) is 0 Å². The van der Waals surface area contributed by atoms with E-state index in [4.69, 9.17) is 9.47 Å². The summed E-state index contributed by atoms with van der Waals surface area (Å²) in [6, 6.07) is 14.3. The molecule has 146 valence electrons. The van der Waals surface area contributed by atoms with Crippen LogP contribution < -0.4 is 9.47 Å². The number of hydrogen-bond acceptors (Lipinski definition) is 4. The Morgan fingerprint density at radius 2 is 1.68 bits per heavy atom. The molecule has 1 fully saturated rings. The van der Waals surface area contributed by atoms with E-state index >= 15 is 0 Å². The molecule has 1 heterocycles. The number of piperidine rings is 1. The third kappa shape index (κ3) is 3.69. The molecule has 1 aliphatic carbocycles. The summed E-state index contributed by atoms with van der Waals surface area (Å²) in [5, 5.41) is 0. The van der Waals surface area contributed by atoms with Gasteiger partial charge in [0.15, 0.2) is 5.78 Å². The standard InChI is InChI=1S/C24H27NO3/c1-27-21-8-9-22(28-2)23-20(21)15-19(24(23)26)14-17-10-12-25(13-11-17)16-18-6-4-3-5-7-18/h3-9,14,17H,10-13,15-16H2,1-2H3/b19-14+. The first-order chi connectivity index (χ1) is 13.7. The molecular weight excluding hydrogens is 350 g/mol. The van der Waals surface area contributed by atoms with Gasteiger partial charge < -0.3 is 9.47 Å². The van der Waals surface area contributed by atoms with E-state index in [9.17, 15) is 4.79 Å². The van der Waals surface area contributed by atoms with Crippen molar-refractivity contribution in [2.24, 2.45) is 5.92 Å². The lowest BCUT2D eigenvalue weighted by atomic mass is 9.93. The van der Waals surface area contributed by atoms with E-state index in [1.165, 1.54) is 5.56 Å². The van der Waals surface area contributed by atoms with Crippen LogP contribution in [-0.2, 0) is 13.0 Å². The highest BCUT2D eigenvalue weighted by Crippen LogP contribution is 2.40. The zero-order valence-electron chi connectivity index (χ0n) is 16.6. The molecule has 4 nitrogen and oxygen atoms in total. The maximum atomic E-state index is 13.0. The fraction of sp³-hybridized carbons (Fsp3) is 0.375. The first kappa shape index (κ1) is 18.8. The van der Waals surface area contributed by atoms with Crippen molar-refractivity contribution in [1.29, 1.82) is 0 Å². The van der Waals surface area contributed by atoms with Gasteiger partial charge in [-0.05, 0) is 49.5 Å². The number of ketones is 1. The molecule has 2 aromatic rings. The third-order valence-electron chi connectivity index (χ3n) is 5.88. The zero-order chi connectivity index (χ0) is 19.5. The zero-order valence-corrected chi connectivity index (χ0v) is 16.6. The largest absolute Gasteiger partial charge is 0.496 e. The molecule has 0 saturated carbocycles. The second kappa shape index (κ2) is 8.19. The molecule has 0 unspecified atom stereocenters. The van der Waals surface area contributed by atoms with E-state index in [1.807, 2.05) is 12.1 Å². The van der Waals surface area contributed by atoms with Crippen LogP contribution in [0.4, 0.5) is 0 Å². The summed E-state index contributed by atoms with van der Waals surface area (Å²) in [7, 11) is 3.26. The number of carbonyl (C=O) groups excluding carboxylic acids is 1. The van der Waals surface area contributed by atoms with Crippen LogP contribution in [0.15, 0.2) is 54.1 Å². The van der Waals surface area contributed by atoms with Crippen molar-refractivity contribution in [3.05, 3.63) is 70.8 Å². The molecule has 1 aliphatic heterocycles. The third-order valence-corrected chi connectivity index (χ3v) is 5.88. The highest BCUT2D eigenvalue weighted by molar-refractivity contribution is 6.15. The maximum Gasteiger partial charge on any atom is 0.193 e. The predicted octanol–water partition coefficient (Wildman–Crippen LogP) is 4.28. The molecule has 0 aromatic heterocycles. The molecule has 28 heavy (non-hydrogen) atoms. The quantitative estimate of drug-likeness (QED) is 0.729. The maximum absolute atomic E-state index is 13.0. The minimum absolute atomic E-state index is 0.0949. The molecule has 2 aliphatic rings. The Bertz CT molecular complexity index is 880. The molecule has 1 saturated heterocycles. The lowest BCUT2D eigenvalue weighted by Gasteiger charge is -2.30. The van der Waals surface area contributed by atoms with Crippen LogP contribution in [0.25, 0.3) is 0 Å². The molecule has 2 aromatic carbocycles. The first-order valence-electron chi connectivity index (χ1n) is 9.95. The number of rotatable bonds is 5. The SMILES string of the molecule is COc1ccc(OC)c2c1C/C(=C\C1CCN(Cc3ccccc3)CC1)C2=O. The Hall–Kier alpha value is -2.59. The average molecular weight is 377 g/mol. The second-order valence-corrected chi connectivity index (χ2v) is 7.62. The number of allylic oxidation sites excluding steroid dienone is 2. The van der Waals surface area contributed by atoms with Gasteiger partial charge in [-0.3, -0.25) is 9.69 Å². The fourth-order valence-corrected chi connectivity index (χ4v) is 4.36. The number of likely N-dealkylation sites (tertiary alicyclic amines) is 1. The molecule has 4 rings (SSSR count). The molecule has 0 spiro atoms. The van der Waals surface area contributed by atoms with E-state index in [0.717, 1.165) is 49.4 Å². The summed E-state index contributed by atoms with van der Waals surface area (Å²) < 4.78 is 10.9. The molecule has 0 atom stereocenters. The summed E-state index contributed by atoms with van der Waals surface area (Å²) in [6.45, 7) is 3.14. The van der Waals surface area contributed by atoms with Crippen LogP contribution in [0.2, 0.25) is 0 Å². The fourth-order valence-electron chi connectivity index (χ4n) is 4.36. The summed E-state index contributed by atoms with van der Waals surface area (Å²) in [6.07, 6.45) is 5.03. The van der Waals surface area contributed by atoms with Gasteiger partial charge in [-0.2, -0.15) is 0 Å². The van der Waals surface area contributed by atoms with E-state index in [2.05, 4.69) is 41.3 Å². The number of fused-ring (bicyclic) bond motifs is 1. The van der Waals surface area contributed by atoms with Crippen molar-refractivity contribution in [3.8, 4) is 11.5 Å². The molecule has 0 radical (unpaired) electrons. The lowest BCUT2D eigenvalue weighted by molar-refractivity contribution is 0.103. The topological polar surface area (TPSA) is 38.8 Å². The Kier molecular flexibility index (Phi) is 5.49. The Morgan fingerprint density at radius 3 is 2.36 bits per heavy atom. The van der Waals surface area contributed by atoms with Crippen molar-refractivity contribution < 1.29 is 14.3 Å². The average Bonchev–Trinajstić information content (AvgIpc) is 3.06. The first-order valence-corrected chi connectivity index (χ1v) is 9.95. The van der Waals surface area contributed by atoms with Gasteiger partial charge in [0.1, 0.15) is 11.5 Å². The van der Waals surface area contributed by atoms with Crippen molar-refractivity contribution in [2.75, 3.05) is 27.3 Å². The van der Waals surface area contributed by atoms with Crippen LogP contribution in [0, 0.1) is 5.92 Å². The Balaban J connectivity index is 1.44. The van der Waals surface area contributed by atoms with Crippen LogP contribution in [0.5, 0.6) is 11.5 Å². The van der Waals surface area contributed by atoms with Crippen molar-refractivity contribution >= 4 is 5.78 Å². The van der Waals surface area contributed by atoms with Gasteiger partial charge in [0.25, 0.3) is 0 Å². The molecular formula is C24H27NO3. The number of carbonyl (C=O) groups is 1. The smallest absolute Gasteiger partial charge is 0.193 e. The van der Waals surface area contributed by atoms with Gasteiger partial charge in [-0.1, -0.05) is 36.4 Å². The normalized spacial score (nSPS) is 19.1. The summed E-state index contributed by atoms with van der Waals surface area (Å²) >= 11 is 0. The van der Waals surface area contributed by atoms with Gasteiger partial charge in [0.2, 0.25) is 0 Å². The van der Waals surface area contributed by atoms with Crippen molar-refractivity contribution in [2.45, 2.75) is 25.8 Å². The number of benzene rings is 2. The van der Waals surface area contributed by atoms with Gasteiger partial charge in [-0.25, -0.2) is 0 Å². The predicted molar refractivity (Wildman–Crippen MR) is 110 cm³/mol. The Labute approximate surface area is 166 Å². The van der Waals surface area contributed by atoms with Gasteiger partial charge in [0.05, 0.1) is 19.8 Å². The molecule has 0 amide bonds. The number of methoxy groups -OCH3 is 2. The van der Waals surface area contributed by atoms with Crippen molar-refractivity contribution in [1.82, 2.24) is 4.90 Å². The summed E-state index contributed by atoms with van der Waals surface area (Å²) in [5.74, 6) is 1.96. The van der Waals surface area contributed by atoms with Crippen molar-refractivity contribution in [3.63, 3.8) is 0 Å². The van der Waals surface area contributed by atoms with E-state index in [0.29, 0.717) is 23.7 Å². The number of hydrogen-bond donors (Lipinski definition) is 0. The van der Waals surface area contributed by atoms with Crippen LogP contribution in [0.1, 0.15) is 34.3 Å².